The van der Waals surface area contributed by atoms with Gasteiger partial charge < -0.3 is 9.80 Å². The predicted octanol–water partition coefficient (Wildman–Crippen LogP) is 2.50. The molecule has 0 spiro atoms. The van der Waals surface area contributed by atoms with E-state index in [-0.39, 0.29) is 0 Å². The second-order valence-corrected chi connectivity index (χ2v) is 6.37. The normalized spacial score (nSPS) is 14.8. The van der Waals surface area contributed by atoms with Crippen LogP contribution in [0.25, 0.3) is 0 Å². The van der Waals surface area contributed by atoms with E-state index in [4.69, 9.17) is 10.2 Å². The van der Waals surface area contributed by atoms with Crippen molar-refractivity contribution in [2.45, 2.75) is 26.7 Å². The van der Waals surface area contributed by atoms with Crippen molar-refractivity contribution in [3.63, 3.8) is 0 Å². The Kier molecular flexibility index (Phi) is 4.61. The van der Waals surface area contributed by atoms with Crippen LogP contribution in [0.3, 0.4) is 0 Å². The molecular weight excluding hydrogens is 300 g/mol. The van der Waals surface area contributed by atoms with Gasteiger partial charge in [-0.05, 0) is 19.1 Å². The zero-order chi connectivity index (χ0) is 17.1. The number of hydrogen-bond acceptors (Lipinski definition) is 6. The van der Waals surface area contributed by atoms with Crippen LogP contribution >= 0.6 is 0 Å². The maximum Gasteiger partial charge on any atom is 0.140 e. The second-order valence-electron chi connectivity index (χ2n) is 6.37. The molecular formula is C18H22N6. The Morgan fingerprint density at radius 1 is 1.08 bits per heavy atom. The number of aryl methyl sites for hydroxylation is 1. The summed E-state index contributed by atoms with van der Waals surface area (Å²) in [6.45, 7) is 9.90. The monoisotopic (exact) mass is 322 g/mol. The molecule has 0 bridgehead atoms. The van der Waals surface area contributed by atoms with Gasteiger partial charge in [-0.3, -0.25) is 0 Å². The summed E-state index contributed by atoms with van der Waals surface area (Å²) < 4.78 is 0. The van der Waals surface area contributed by atoms with Crippen LogP contribution in [0.2, 0.25) is 0 Å². The molecule has 0 amide bonds. The van der Waals surface area contributed by atoms with Crippen molar-refractivity contribution < 1.29 is 0 Å². The molecule has 0 aliphatic carbocycles. The van der Waals surface area contributed by atoms with Crippen LogP contribution in [0.1, 0.15) is 37.0 Å². The Bertz CT molecular complexity index is 739. The third kappa shape index (κ3) is 3.46. The standard InChI is InChI=1S/C18H22N6/c1-13(2)18-21-14(3)10-17(22-18)24-8-6-23(7-9-24)16-5-4-15(11-19)20-12-16/h4-5,10,12-13H,6-9H2,1-3H3. The molecule has 1 fully saturated rings. The molecule has 3 heterocycles. The van der Waals surface area contributed by atoms with Crippen molar-refractivity contribution in [1.82, 2.24) is 15.0 Å². The average Bonchev–Trinajstić information content (AvgIpc) is 2.61. The van der Waals surface area contributed by atoms with Gasteiger partial charge in [-0.1, -0.05) is 13.8 Å². The van der Waals surface area contributed by atoms with Crippen LogP contribution in [0.5, 0.6) is 0 Å². The first kappa shape index (κ1) is 16.2. The number of nitriles is 1. The average molecular weight is 322 g/mol. The van der Waals surface area contributed by atoms with Gasteiger partial charge in [0.25, 0.3) is 0 Å². The predicted molar refractivity (Wildman–Crippen MR) is 94.2 cm³/mol. The molecule has 1 aliphatic rings. The minimum Gasteiger partial charge on any atom is -0.367 e. The van der Waals surface area contributed by atoms with Gasteiger partial charge in [0, 0.05) is 43.9 Å². The third-order valence-electron chi connectivity index (χ3n) is 4.21. The number of rotatable bonds is 3. The second kappa shape index (κ2) is 6.83. The Hall–Kier alpha value is -2.68. The van der Waals surface area contributed by atoms with Gasteiger partial charge in [-0.25, -0.2) is 15.0 Å². The van der Waals surface area contributed by atoms with Crippen molar-refractivity contribution in [3.05, 3.63) is 41.6 Å². The van der Waals surface area contributed by atoms with Crippen molar-refractivity contribution in [2.24, 2.45) is 0 Å². The summed E-state index contributed by atoms with van der Waals surface area (Å²) in [4.78, 5) is 18.0. The lowest BCUT2D eigenvalue weighted by Gasteiger charge is -2.36. The van der Waals surface area contributed by atoms with Crippen LogP contribution in [0, 0.1) is 18.3 Å². The molecule has 6 heteroatoms. The molecule has 0 unspecified atom stereocenters. The summed E-state index contributed by atoms with van der Waals surface area (Å²) in [6.07, 6.45) is 1.78. The van der Waals surface area contributed by atoms with Crippen LogP contribution in [-0.2, 0) is 0 Å². The molecule has 124 valence electrons. The van der Waals surface area contributed by atoms with E-state index in [1.165, 1.54) is 0 Å². The molecule has 2 aromatic heterocycles. The topological polar surface area (TPSA) is 68.9 Å². The minimum atomic E-state index is 0.328. The summed E-state index contributed by atoms with van der Waals surface area (Å²) in [5, 5.41) is 8.84. The van der Waals surface area contributed by atoms with E-state index in [1.807, 2.05) is 13.0 Å². The highest BCUT2D eigenvalue weighted by molar-refractivity contribution is 5.49. The fraction of sp³-hybridized carbons (Fsp3) is 0.444. The van der Waals surface area contributed by atoms with Gasteiger partial charge in [0.1, 0.15) is 23.4 Å². The lowest BCUT2D eigenvalue weighted by atomic mass is 10.2. The molecule has 2 aromatic rings. The van der Waals surface area contributed by atoms with Crippen LogP contribution in [0.4, 0.5) is 11.5 Å². The number of nitrogens with zero attached hydrogens (tertiary/aromatic N) is 6. The largest absolute Gasteiger partial charge is 0.367 e. The van der Waals surface area contributed by atoms with Crippen LogP contribution in [0.15, 0.2) is 24.4 Å². The first-order valence-corrected chi connectivity index (χ1v) is 8.28. The fourth-order valence-corrected chi connectivity index (χ4v) is 2.83. The van der Waals surface area contributed by atoms with Crippen LogP contribution in [-0.4, -0.2) is 41.1 Å². The molecule has 6 nitrogen and oxygen atoms in total. The van der Waals surface area contributed by atoms with E-state index < -0.39 is 0 Å². The minimum absolute atomic E-state index is 0.328. The summed E-state index contributed by atoms with van der Waals surface area (Å²) >= 11 is 0. The molecule has 0 aromatic carbocycles. The number of hydrogen-bond donors (Lipinski definition) is 0. The quantitative estimate of drug-likeness (QED) is 0.865. The number of pyridine rings is 1. The molecule has 0 atom stereocenters. The van der Waals surface area contributed by atoms with E-state index in [0.29, 0.717) is 11.6 Å². The summed E-state index contributed by atoms with van der Waals surface area (Å²) in [5.74, 6) is 2.25. The zero-order valence-corrected chi connectivity index (χ0v) is 14.4. The van der Waals surface area contributed by atoms with Gasteiger partial charge >= 0.3 is 0 Å². The van der Waals surface area contributed by atoms with Gasteiger partial charge in [0.2, 0.25) is 0 Å². The summed E-state index contributed by atoms with van der Waals surface area (Å²) in [6, 6.07) is 7.85. The van der Waals surface area contributed by atoms with Gasteiger partial charge in [-0.15, -0.1) is 0 Å². The first-order chi connectivity index (χ1) is 11.6. The Morgan fingerprint density at radius 3 is 2.38 bits per heavy atom. The smallest absolute Gasteiger partial charge is 0.140 e. The maximum atomic E-state index is 8.84. The van der Waals surface area contributed by atoms with Crippen molar-refractivity contribution in [1.29, 1.82) is 5.26 Å². The van der Waals surface area contributed by atoms with Gasteiger partial charge in [0.15, 0.2) is 0 Å². The first-order valence-electron chi connectivity index (χ1n) is 8.28. The molecule has 0 saturated carbocycles. The Labute approximate surface area is 142 Å². The molecule has 0 N–H and O–H groups in total. The highest BCUT2D eigenvalue weighted by Crippen LogP contribution is 2.21. The van der Waals surface area contributed by atoms with Crippen molar-refractivity contribution in [2.75, 3.05) is 36.0 Å². The molecule has 3 rings (SSSR count). The SMILES string of the molecule is Cc1cc(N2CCN(c3ccc(C#N)nc3)CC2)nc(C(C)C)n1. The Balaban J connectivity index is 1.69. The van der Waals surface area contributed by atoms with E-state index in [0.717, 1.165) is 49.2 Å². The zero-order valence-electron chi connectivity index (χ0n) is 14.4. The van der Waals surface area contributed by atoms with E-state index in [1.54, 1.807) is 12.3 Å². The van der Waals surface area contributed by atoms with Crippen molar-refractivity contribution in [3.8, 4) is 6.07 Å². The van der Waals surface area contributed by atoms with Gasteiger partial charge in [-0.2, -0.15) is 5.26 Å². The number of aromatic nitrogens is 3. The third-order valence-corrected chi connectivity index (χ3v) is 4.21. The lowest BCUT2D eigenvalue weighted by Crippen LogP contribution is -2.47. The highest BCUT2D eigenvalue weighted by Gasteiger charge is 2.20. The molecule has 1 aliphatic heterocycles. The number of piperazine rings is 1. The Morgan fingerprint density at radius 2 is 1.79 bits per heavy atom. The molecule has 24 heavy (non-hydrogen) atoms. The molecule has 1 saturated heterocycles. The lowest BCUT2D eigenvalue weighted by molar-refractivity contribution is 0.640. The summed E-state index contributed by atoms with van der Waals surface area (Å²) in [7, 11) is 0. The van der Waals surface area contributed by atoms with E-state index in [2.05, 4.69) is 45.8 Å². The van der Waals surface area contributed by atoms with E-state index >= 15 is 0 Å². The van der Waals surface area contributed by atoms with Crippen molar-refractivity contribution >= 4 is 11.5 Å². The van der Waals surface area contributed by atoms with Gasteiger partial charge in [0.05, 0.1) is 11.9 Å². The maximum absolute atomic E-state index is 8.84. The van der Waals surface area contributed by atoms with E-state index in [9.17, 15) is 0 Å². The summed E-state index contributed by atoms with van der Waals surface area (Å²) in [5.41, 5.74) is 2.54. The molecule has 0 radical (unpaired) electrons. The van der Waals surface area contributed by atoms with Crippen LogP contribution < -0.4 is 9.80 Å². The fourth-order valence-electron chi connectivity index (χ4n) is 2.83. The highest BCUT2D eigenvalue weighted by atomic mass is 15.3. The number of anilines is 2.